The number of nitrogens with one attached hydrogen (secondary N) is 1. The number of nitrogens with zero attached hydrogens (tertiary/aromatic N) is 3. The van der Waals surface area contributed by atoms with Gasteiger partial charge in [-0.3, -0.25) is 0 Å². The minimum atomic E-state index is 0.665. The molecule has 1 aromatic heterocycles. The fourth-order valence-corrected chi connectivity index (χ4v) is 3.28. The summed E-state index contributed by atoms with van der Waals surface area (Å²) in [6.07, 6.45) is 1.04. The van der Waals surface area contributed by atoms with E-state index in [1.807, 2.05) is 44.2 Å². The lowest BCUT2D eigenvalue weighted by molar-refractivity contribution is 0.340. The van der Waals surface area contributed by atoms with Gasteiger partial charge in [0.25, 0.3) is 0 Å². The van der Waals surface area contributed by atoms with Gasteiger partial charge in [0.15, 0.2) is 0 Å². The van der Waals surface area contributed by atoms with Crippen LogP contribution in [0.3, 0.4) is 0 Å². The molecule has 3 aromatic rings. The number of fused-ring (bicyclic) bond motifs is 1. The molecule has 26 heavy (non-hydrogen) atoms. The van der Waals surface area contributed by atoms with Crippen molar-refractivity contribution < 1.29 is 4.74 Å². The number of aromatic nitrogens is 2. The first-order chi connectivity index (χ1) is 12.7. The summed E-state index contributed by atoms with van der Waals surface area (Å²) in [5.74, 6) is 3.34. The zero-order chi connectivity index (χ0) is 17.9. The minimum Gasteiger partial charge on any atom is -0.494 e. The lowest BCUT2D eigenvalue weighted by atomic mass is 10.2. The van der Waals surface area contributed by atoms with Crippen LogP contribution in [-0.2, 0) is 6.42 Å². The molecule has 0 amide bonds. The molecular weight excluding hydrogens is 324 g/mol. The molecule has 0 saturated carbocycles. The van der Waals surface area contributed by atoms with Gasteiger partial charge < -0.3 is 15.0 Å². The number of aryl methyl sites for hydroxylation is 1. The Morgan fingerprint density at radius 1 is 1.08 bits per heavy atom. The van der Waals surface area contributed by atoms with Crippen molar-refractivity contribution in [2.45, 2.75) is 20.3 Å². The van der Waals surface area contributed by atoms with E-state index >= 15 is 0 Å². The van der Waals surface area contributed by atoms with Gasteiger partial charge >= 0.3 is 0 Å². The number of anilines is 4. The first kappa shape index (κ1) is 16.4. The number of ether oxygens (including phenoxy) is 1. The second kappa shape index (κ2) is 7.04. The Kier molecular flexibility index (Phi) is 4.44. The predicted molar refractivity (Wildman–Crippen MR) is 105 cm³/mol. The summed E-state index contributed by atoms with van der Waals surface area (Å²) in [5, 5.41) is 3.37. The maximum atomic E-state index is 5.49. The van der Waals surface area contributed by atoms with Crippen LogP contribution in [0.4, 0.5) is 23.0 Å². The highest BCUT2D eigenvalue weighted by Gasteiger charge is 2.21. The van der Waals surface area contributed by atoms with Gasteiger partial charge in [-0.05, 0) is 56.2 Å². The topological polar surface area (TPSA) is 50.3 Å². The molecule has 1 aliphatic rings. The smallest absolute Gasteiger partial charge is 0.138 e. The lowest BCUT2D eigenvalue weighted by Crippen LogP contribution is -2.16. The molecule has 0 atom stereocenters. The molecule has 0 fully saturated rings. The van der Waals surface area contributed by atoms with Gasteiger partial charge in [-0.15, -0.1) is 0 Å². The number of para-hydroxylation sites is 1. The largest absolute Gasteiger partial charge is 0.494 e. The van der Waals surface area contributed by atoms with Gasteiger partial charge in [-0.2, -0.15) is 0 Å². The van der Waals surface area contributed by atoms with E-state index in [4.69, 9.17) is 4.74 Å². The summed E-state index contributed by atoms with van der Waals surface area (Å²) in [5.41, 5.74) is 3.57. The molecule has 0 spiro atoms. The van der Waals surface area contributed by atoms with E-state index in [1.165, 1.54) is 11.3 Å². The summed E-state index contributed by atoms with van der Waals surface area (Å²) < 4.78 is 5.49. The van der Waals surface area contributed by atoms with Crippen molar-refractivity contribution in [1.82, 2.24) is 9.97 Å². The van der Waals surface area contributed by atoms with E-state index in [-0.39, 0.29) is 0 Å². The monoisotopic (exact) mass is 346 g/mol. The number of benzene rings is 2. The molecule has 0 saturated heterocycles. The molecule has 5 nitrogen and oxygen atoms in total. The van der Waals surface area contributed by atoms with Crippen LogP contribution in [0, 0.1) is 6.92 Å². The zero-order valence-electron chi connectivity index (χ0n) is 15.1. The summed E-state index contributed by atoms with van der Waals surface area (Å²) in [4.78, 5) is 11.4. The van der Waals surface area contributed by atoms with E-state index in [0.29, 0.717) is 6.61 Å². The van der Waals surface area contributed by atoms with Gasteiger partial charge in [0.05, 0.1) is 6.61 Å². The molecule has 5 heteroatoms. The van der Waals surface area contributed by atoms with Crippen LogP contribution in [0.15, 0.2) is 54.6 Å². The Morgan fingerprint density at radius 3 is 2.69 bits per heavy atom. The third kappa shape index (κ3) is 3.33. The molecule has 2 aromatic carbocycles. The first-order valence-corrected chi connectivity index (χ1v) is 8.94. The van der Waals surface area contributed by atoms with Gasteiger partial charge in [-0.25, -0.2) is 9.97 Å². The SMILES string of the molecule is CCOc1ccc(Nc2cc(N3CCc4ccccc43)nc(C)n2)cc1. The summed E-state index contributed by atoms with van der Waals surface area (Å²) in [7, 11) is 0. The lowest BCUT2D eigenvalue weighted by Gasteiger charge is -2.19. The fraction of sp³-hybridized carbons (Fsp3) is 0.238. The predicted octanol–water partition coefficient (Wildman–Crippen LogP) is 4.62. The van der Waals surface area contributed by atoms with E-state index in [2.05, 4.69) is 44.5 Å². The molecule has 0 bridgehead atoms. The maximum absolute atomic E-state index is 5.49. The van der Waals surface area contributed by atoms with Crippen LogP contribution >= 0.6 is 0 Å². The Bertz CT molecular complexity index is 908. The average molecular weight is 346 g/mol. The normalized spacial score (nSPS) is 12.8. The summed E-state index contributed by atoms with van der Waals surface area (Å²) in [6.45, 7) is 5.51. The third-order valence-electron chi connectivity index (χ3n) is 4.43. The Hall–Kier alpha value is -3.08. The van der Waals surface area contributed by atoms with Crippen molar-refractivity contribution in [3.8, 4) is 5.75 Å². The Morgan fingerprint density at radius 2 is 1.88 bits per heavy atom. The molecule has 0 radical (unpaired) electrons. The van der Waals surface area contributed by atoms with Crippen molar-refractivity contribution in [3.63, 3.8) is 0 Å². The summed E-state index contributed by atoms with van der Waals surface area (Å²) >= 11 is 0. The van der Waals surface area contributed by atoms with Crippen molar-refractivity contribution in [3.05, 3.63) is 66.0 Å². The van der Waals surface area contributed by atoms with E-state index in [9.17, 15) is 0 Å². The van der Waals surface area contributed by atoms with Crippen LogP contribution in [0.25, 0.3) is 0 Å². The number of hydrogen-bond acceptors (Lipinski definition) is 5. The minimum absolute atomic E-state index is 0.665. The van der Waals surface area contributed by atoms with Gasteiger partial charge in [0, 0.05) is 24.0 Å². The zero-order valence-corrected chi connectivity index (χ0v) is 15.1. The third-order valence-corrected chi connectivity index (χ3v) is 4.43. The molecule has 0 unspecified atom stereocenters. The highest BCUT2D eigenvalue weighted by Crippen LogP contribution is 2.34. The maximum Gasteiger partial charge on any atom is 0.138 e. The Balaban J connectivity index is 1.59. The van der Waals surface area contributed by atoms with Crippen molar-refractivity contribution >= 4 is 23.0 Å². The summed E-state index contributed by atoms with van der Waals surface area (Å²) in [6, 6.07) is 18.4. The van der Waals surface area contributed by atoms with Crippen molar-refractivity contribution in [2.24, 2.45) is 0 Å². The van der Waals surface area contributed by atoms with E-state index in [1.54, 1.807) is 0 Å². The van der Waals surface area contributed by atoms with Crippen LogP contribution in [0.5, 0.6) is 5.75 Å². The molecule has 1 aliphatic heterocycles. The van der Waals surface area contributed by atoms with Crippen LogP contribution in [0.2, 0.25) is 0 Å². The fourth-order valence-electron chi connectivity index (χ4n) is 3.28. The number of rotatable bonds is 5. The highest BCUT2D eigenvalue weighted by molar-refractivity contribution is 5.70. The Labute approximate surface area is 153 Å². The van der Waals surface area contributed by atoms with Crippen LogP contribution in [0.1, 0.15) is 18.3 Å². The van der Waals surface area contributed by atoms with Crippen LogP contribution < -0.4 is 15.0 Å². The van der Waals surface area contributed by atoms with Crippen LogP contribution in [-0.4, -0.2) is 23.1 Å². The van der Waals surface area contributed by atoms with Gasteiger partial charge in [0.1, 0.15) is 23.2 Å². The first-order valence-electron chi connectivity index (χ1n) is 8.94. The highest BCUT2D eigenvalue weighted by atomic mass is 16.5. The molecule has 1 N–H and O–H groups in total. The van der Waals surface area contributed by atoms with Gasteiger partial charge in [0.2, 0.25) is 0 Å². The van der Waals surface area contributed by atoms with E-state index < -0.39 is 0 Å². The standard InChI is InChI=1S/C21H22N4O/c1-3-26-18-10-8-17(9-11-18)24-20-14-21(23-15(2)22-20)25-13-12-16-6-4-5-7-19(16)25/h4-11,14H,3,12-13H2,1-2H3,(H,22,23,24). The number of hydrogen-bond donors (Lipinski definition) is 1. The van der Waals surface area contributed by atoms with Crippen molar-refractivity contribution in [1.29, 1.82) is 0 Å². The quantitative estimate of drug-likeness (QED) is 0.730. The molecule has 0 aliphatic carbocycles. The second-order valence-corrected chi connectivity index (χ2v) is 6.27. The molecule has 4 rings (SSSR count). The molecular formula is C21H22N4O. The van der Waals surface area contributed by atoms with Gasteiger partial charge in [-0.1, -0.05) is 18.2 Å². The second-order valence-electron chi connectivity index (χ2n) is 6.27. The van der Waals surface area contributed by atoms with E-state index in [0.717, 1.165) is 41.9 Å². The molecule has 2 heterocycles. The average Bonchev–Trinajstić information content (AvgIpc) is 3.07. The molecule has 132 valence electrons. The van der Waals surface area contributed by atoms with Crippen molar-refractivity contribution in [2.75, 3.05) is 23.4 Å².